The Kier molecular flexibility index (Phi) is 5.03. The molecule has 0 atom stereocenters. The quantitative estimate of drug-likeness (QED) is 0.834. The molecule has 0 spiro atoms. The molecule has 1 amide bonds. The molecule has 0 aromatic heterocycles. The summed E-state index contributed by atoms with van der Waals surface area (Å²) in [5.74, 6) is 0.0137. The molecule has 0 unspecified atom stereocenters. The zero-order chi connectivity index (χ0) is 13.5. The Morgan fingerprint density at radius 2 is 1.95 bits per heavy atom. The van der Waals surface area contributed by atoms with Gasteiger partial charge >= 0.3 is 0 Å². The van der Waals surface area contributed by atoms with Gasteiger partial charge in [0, 0.05) is 31.0 Å². The molecule has 1 aromatic rings. The van der Waals surface area contributed by atoms with Gasteiger partial charge in [0.25, 0.3) is 0 Å². The van der Waals surface area contributed by atoms with Crippen molar-refractivity contribution in [3.05, 3.63) is 24.3 Å². The molecule has 104 valence electrons. The molecule has 1 aliphatic rings. The van der Waals surface area contributed by atoms with Crippen molar-refractivity contribution in [2.45, 2.75) is 6.92 Å². The maximum absolute atomic E-state index is 11.3. The molecule has 0 radical (unpaired) electrons. The highest BCUT2D eigenvalue weighted by Gasteiger charge is 2.10. The summed E-state index contributed by atoms with van der Waals surface area (Å²) in [7, 11) is 0. The average molecular weight is 263 g/mol. The maximum Gasteiger partial charge on any atom is 0.239 e. The van der Waals surface area contributed by atoms with Crippen LogP contribution in [0.1, 0.15) is 6.92 Å². The number of nitrogens with one attached hydrogen (secondary N) is 2. The van der Waals surface area contributed by atoms with Crippen LogP contribution in [-0.4, -0.2) is 45.3 Å². The van der Waals surface area contributed by atoms with E-state index < -0.39 is 0 Å². The first kappa shape index (κ1) is 13.7. The monoisotopic (exact) mass is 263 g/mol. The molecule has 0 bridgehead atoms. The SMILES string of the molecule is CCNC(=O)CNc1ccc(N2CCOCC2)cc1. The third-order valence-corrected chi connectivity index (χ3v) is 3.07. The van der Waals surface area contributed by atoms with Gasteiger partial charge in [-0.15, -0.1) is 0 Å². The van der Waals surface area contributed by atoms with Gasteiger partial charge in [-0.1, -0.05) is 0 Å². The van der Waals surface area contributed by atoms with E-state index in [2.05, 4.69) is 27.7 Å². The standard InChI is InChI=1S/C14H21N3O2/c1-2-15-14(18)11-16-12-3-5-13(6-4-12)17-7-9-19-10-8-17/h3-6,16H,2,7-11H2,1H3,(H,15,18). The minimum absolute atomic E-state index is 0.0137. The van der Waals surface area contributed by atoms with E-state index in [1.807, 2.05) is 19.1 Å². The zero-order valence-electron chi connectivity index (χ0n) is 11.3. The first-order valence-corrected chi connectivity index (χ1v) is 6.73. The van der Waals surface area contributed by atoms with Gasteiger partial charge in [-0.3, -0.25) is 4.79 Å². The summed E-state index contributed by atoms with van der Waals surface area (Å²) >= 11 is 0. The lowest BCUT2D eigenvalue weighted by atomic mass is 10.2. The van der Waals surface area contributed by atoms with Crippen LogP contribution in [-0.2, 0) is 9.53 Å². The third kappa shape index (κ3) is 4.13. The number of morpholine rings is 1. The minimum Gasteiger partial charge on any atom is -0.378 e. The van der Waals surface area contributed by atoms with Crippen LogP contribution in [0.25, 0.3) is 0 Å². The zero-order valence-corrected chi connectivity index (χ0v) is 11.3. The Balaban J connectivity index is 1.85. The van der Waals surface area contributed by atoms with E-state index in [9.17, 15) is 4.79 Å². The highest BCUT2D eigenvalue weighted by Crippen LogP contribution is 2.18. The van der Waals surface area contributed by atoms with Gasteiger partial charge in [0.2, 0.25) is 5.91 Å². The van der Waals surface area contributed by atoms with Crippen molar-refractivity contribution in [2.24, 2.45) is 0 Å². The van der Waals surface area contributed by atoms with Crippen LogP contribution in [0, 0.1) is 0 Å². The number of ether oxygens (including phenoxy) is 1. The second-order valence-corrected chi connectivity index (χ2v) is 4.45. The topological polar surface area (TPSA) is 53.6 Å². The molecular formula is C14H21N3O2. The predicted molar refractivity (Wildman–Crippen MR) is 76.6 cm³/mol. The molecule has 0 aliphatic carbocycles. The number of amides is 1. The lowest BCUT2D eigenvalue weighted by Crippen LogP contribution is -2.36. The number of likely N-dealkylation sites (N-methyl/N-ethyl adjacent to an activating group) is 1. The first-order chi connectivity index (χ1) is 9.29. The Labute approximate surface area is 113 Å². The average Bonchev–Trinajstić information content (AvgIpc) is 2.47. The Morgan fingerprint density at radius 1 is 1.26 bits per heavy atom. The molecule has 1 fully saturated rings. The molecule has 1 aromatic carbocycles. The smallest absolute Gasteiger partial charge is 0.239 e. The minimum atomic E-state index is 0.0137. The van der Waals surface area contributed by atoms with Gasteiger partial charge in [0.05, 0.1) is 19.8 Å². The predicted octanol–water partition coefficient (Wildman–Crippen LogP) is 1.07. The molecule has 19 heavy (non-hydrogen) atoms. The summed E-state index contributed by atoms with van der Waals surface area (Å²) in [5, 5.41) is 5.86. The summed E-state index contributed by atoms with van der Waals surface area (Å²) in [6.07, 6.45) is 0. The second-order valence-electron chi connectivity index (χ2n) is 4.45. The number of hydrogen-bond acceptors (Lipinski definition) is 4. The van der Waals surface area contributed by atoms with Crippen molar-refractivity contribution in [3.63, 3.8) is 0 Å². The van der Waals surface area contributed by atoms with Crippen LogP contribution in [0.3, 0.4) is 0 Å². The van der Waals surface area contributed by atoms with Gasteiger partial charge in [0.1, 0.15) is 0 Å². The molecule has 1 aliphatic heterocycles. The van der Waals surface area contributed by atoms with Crippen molar-refractivity contribution in [1.29, 1.82) is 0 Å². The van der Waals surface area contributed by atoms with Crippen molar-refractivity contribution in [3.8, 4) is 0 Å². The molecular weight excluding hydrogens is 242 g/mol. The third-order valence-electron chi connectivity index (χ3n) is 3.07. The Bertz CT molecular complexity index is 400. The van der Waals surface area contributed by atoms with E-state index >= 15 is 0 Å². The van der Waals surface area contributed by atoms with Gasteiger partial charge in [-0.2, -0.15) is 0 Å². The van der Waals surface area contributed by atoms with Crippen LogP contribution in [0.4, 0.5) is 11.4 Å². The van der Waals surface area contributed by atoms with E-state index in [0.717, 1.165) is 32.0 Å². The summed E-state index contributed by atoms with van der Waals surface area (Å²) < 4.78 is 5.33. The van der Waals surface area contributed by atoms with Crippen molar-refractivity contribution in [1.82, 2.24) is 5.32 Å². The van der Waals surface area contributed by atoms with Crippen molar-refractivity contribution >= 4 is 17.3 Å². The fourth-order valence-corrected chi connectivity index (χ4v) is 2.05. The number of nitrogens with zero attached hydrogens (tertiary/aromatic N) is 1. The number of anilines is 2. The van der Waals surface area contributed by atoms with Crippen LogP contribution < -0.4 is 15.5 Å². The molecule has 2 N–H and O–H groups in total. The molecule has 0 saturated carbocycles. The molecule has 5 nitrogen and oxygen atoms in total. The maximum atomic E-state index is 11.3. The fourth-order valence-electron chi connectivity index (χ4n) is 2.05. The van der Waals surface area contributed by atoms with E-state index in [-0.39, 0.29) is 5.91 Å². The second kappa shape index (κ2) is 6.99. The highest BCUT2D eigenvalue weighted by atomic mass is 16.5. The van der Waals surface area contributed by atoms with Crippen LogP contribution in [0.5, 0.6) is 0 Å². The molecule has 5 heteroatoms. The molecule has 1 heterocycles. The van der Waals surface area contributed by atoms with Gasteiger partial charge in [-0.05, 0) is 31.2 Å². The number of carbonyl (C=O) groups excluding carboxylic acids is 1. The van der Waals surface area contributed by atoms with Crippen LogP contribution >= 0.6 is 0 Å². The Hall–Kier alpha value is -1.75. The van der Waals surface area contributed by atoms with Crippen LogP contribution in [0.2, 0.25) is 0 Å². The first-order valence-electron chi connectivity index (χ1n) is 6.73. The van der Waals surface area contributed by atoms with Crippen LogP contribution in [0.15, 0.2) is 24.3 Å². The summed E-state index contributed by atoms with van der Waals surface area (Å²) in [4.78, 5) is 13.6. The lowest BCUT2D eigenvalue weighted by molar-refractivity contribution is -0.119. The van der Waals surface area contributed by atoms with Crippen molar-refractivity contribution in [2.75, 3.05) is 49.6 Å². The number of hydrogen-bond donors (Lipinski definition) is 2. The van der Waals surface area contributed by atoms with E-state index in [4.69, 9.17) is 4.74 Å². The lowest BCUT2D eigenvalue weighted by Gasteiger charge is -2.28. The Morgan fingerprint density at radius 3 is 2.58 bits per heavy atom. The van der Waals surface area contributed by atoms with E-state index in [1.54, 1.807) is 0 Å². The van der Waals surface area contributed by atoms with E-state index in [0.29, 0.717) is 13.1 Å². The molecule has 1 saturated heterocycles. The number of carbonyl (C=O) groups is 1. The van der Waals surface area contributed by atoms with E-state index in [1.165, 1.54) is 5.69 Å². The fraction of sp³-hybridized carbons (Fsp3) is 0.500. The van der Waals surface area contributed by atoms with Crippen molar-refractivity contribution < 1.29 is 9.53 Å². The van der Waals surface area contributed by atoms with Gasteiger partial charge in [0.15, 0.2) is 0 Å². The van der Waals surface area contributed by atoms with Gasteiger partial charge in [-0.25, -0.2) is 0 Å². The highest BCUT2D eigenvalue weighted by molar-refractivity contribution is 5.80. The largest absolute Gasteiger partial charge is 0.378 e. The number of rotatable bonds is 5. The summed E-state index contributed by atoms with van der Waals surface area (Å²) in [6.45, 7) is 6.34. The number of benzene rings is 1. The molecule has 2 rings (SSSR count). The summed E-state index contributed by atoms with van der Waals surface area (Å²) in [6, 6.07) is 8.16. The van der Waals surface area contributed by atoms with Gasteiger partial charge < -0.3 is 20.3 Å². The summed E-state index contributed by atoms with van der Waals surface area (Å²) in [5.41, 5.74) is 2.16. The normalized spacial score (nSPS) is 15.1.